The van der Waals surface area contributed by atoms with Crippen LogP contribution in [0.4, 0.5) is 0 Å². The summed E-state index contributed by atoms with van der Waals surface area (Å²) < 4.78 is 27.2. The summed E-state index contributed by atoms with van der Waals surface area (Å²) in [5.74, 6) is 0. The molecular weight excluding hydrogens is 314 g/mol. The van der Waals surface area contributed by atoms with Crippen molar-refractivity contribution in [2.75, 3.05) is 0 Å². The van der Waals surface area contributed by atoms with E-state index in [2.05, 4.69) is 4.72 Å². The third-order valence-electron chi connectivity index (χ3n) is 3.29. The highest BCUT2D eigenvalue weighted by atomic mass is 32.2. The lowest BCUT2D eigenvalue weighted by molar-refractivity contribution is 0.582. The topological polar surface area (TPSA) is 46.2 Å². The number of nitrogens with one attached hydrogen (secondary N) is 1. The van der Waals surface area contributed by atoms with Crippen molar-refractivity contribution >= 4 is 21.4 Å². The molecule has 3 aromatic rings. The van der Waals surface area contributed by atoms with Gasteiger partial charge in [-0.15, -0.1) is 11.3 Å². The van der Waals surface area contributed by atoms with Crippen molar-refractivity contribution in [1.29, 1.82) is 0 Å². The zero-order chi connectivity index (χ0) is 15.4. The van der Waals surface area contributed by atoms with Gasteiger partial charge in [-0.3, -0.25) is 0 Å². The first-order chi connectivity index (χ1) is 10.6. The van der Waals surface area contributed by atoms with Gasteiger partial charge in [0.05, 0.1) is 4.90 Å². The largest absolute Gasteiger partial charge is 0.240 e. The first-order valence-corrected chi connectivity index (χ1v) is 9.19. The van der Waals surface area contributed by atoms with Crippen LogP contribution in [0.25, 0.3) is 11.1 Å². The van der Waals surface area contributed by atoms with Gasteiger partial charge >= 0.3 is 0 Å². The van der Waals surface area contributed by atoms with Crippen molar-refractivity contribution in [3.8, 4) is 11.1 Å². The average molecular weight is 329 g/mol. The Morgan fingerprint density at radius 1 is 0.818 bits per heavy atom. The summed E-state index contributed by atoms with van der Waals surface area (Å²) in [7, 11) is -3.48. The van der Waals surface area contributed by atoms with E-state index < -0.39 is 10.0 Å². The van der Waals surface area contributed by atoms with Crippen LogP contribution in [-0.2, 0) is 16.6 Å². The summed E-state index contributed by atoms with van der Waals surface area (Å²) in [6.07, 6.45) is 0. The van der Waals surface area contributed by atoms with E-state index in [4.69, 9.17) is 0 Å². The van der Waals surface area contributed by atoms with Crippen LogP contribution in [0, 0.1) is 0 Å². The van der Waals surface area contributed by atoms with E-state index in [1.54, 1.807) is 12.1 Å². The third-order valence-corrected chi connectivity index (χ3v) is 5.58. The lowest BCUT2D eigenvalue weighted by Gasteiger charge is -2.07. The molecule has 1 aromatic heterocycles. The maximum atomic E-state index is 12.3. The van der Waals surface area contributed by atoms with Gasteiger partial charge in [-0.2, -0.15) is 0 Å². The van der Waals surface area contributed by atoms with Crippen molar-refractivity contribution in [2.45, 2.75) is 11.4 Å². The molecule has 0 amide bonds. The van der Waals surface area contributed by atoms with E-state index in [0.29, 0.717) is 6.54 Å². The summed E-state index contributed by atoms with van der Waals surface area (Å²) in [5, 5.41) is 1.93. The lowest BCUT2D eigenvalue weighted by Crippen LogP contribution is -2.22. The number of rotatable bonds is 5. The Bertz CT molecular complexity index is 824. The van der Waals surface area contributed by atoms with E-state index in [-0.39, 0.29) is 4.90 Å². The predicted octanol–water partition coefficient (Wildman–Crippen LogP) is 3.89. The van der Waals surface area contributed by atoms with Crippen LogP contribution in [0.5, 0.6) is 0 Å². The van der Waals surface area contributed by atoms with Crippen LogP contribution >= 0.6 is 11.3 Å². The van der Waals surface area contributed by atoms with Gasteiger partial charge in [-0.05, 0) is 34.7 Å². The molecular formula is C17H15NO2S2. The zero-order valence-electron chi connectivity index (χ0n) is 11.8. The Balaban J connectivity index is 1.77. The van der Waals surface area contributed by atoms with E-state index in [1.807, 2.05) is 60.0 Å². The maximum absolute atomic E-state index is 12.3. The molecule has 0 spiro atoms. The smallest absolute Gasteiger partial charge is 0.207 e. The summed E-state index contributed by atoms with van der Waals surface area (Å²) in [6.45, 7) is 0.320. The fourth-order valence-corrected chi connectivity index (χ4v) is 3.86. The molecule has 5 heteroatoms. The highest BCUT2D eigenvalue weighted by Crippen LogP contribution is 2.21. The van der Waals surface area contributed by atoms with Crippen LogP contribution in [0.3, 0.4) is 0 Å². The molecule has 0 aliphatic heterocycles. The average Bonchev–Trinajstić information content (AvgIpc) is 3.08. The highest BCUT2D eigenvalue weighted by Gasteiger charge is 2.13. The molecule has 0 fully saturated rings. The van der Waals surface area contributed by atoms with Crippen LogP contribution in [0.15, 0.2) is 77.0 Å². The Kier molecular flexibility index (Phi) is 4.38. The third kappa shape index (κ3) is 3.44. The van der Waals surface area contributed by atoms with Crippen molar-refractivity contribution in [2.24, 2.45) is 0 Å². The van der Waals surface area contributed by atoms with Gasteiger partial charge in [0.1, 0.15) is 0 Å². The monoisotopic (exact) mass is 329 g/mol. The Morgan fingerprint density at radius 3 is 2.14 bits per heavy atom. The molecule has 1 N–H and O–H groups in total. The molecule has 1 heterocycles. The van der Waals surface area contributed by atoms with Crippen molar-refractivity contribution in [3.05, 3.63) is 77.0 Å². The van der Waals surface area contributed by atoms with Crippen LogP contribution in [-0.4, -0.2) is 8.42 Å². The van der Waals surface area contributed by atoms with E-state index in [9.17, 15) is 8.42 Å². The molecule has 2 aromatic carbocycles. The molecule has 0 aliphatic carbocycles. The van der Waals surface area contributed by atoms with Crippen molar-refractivity contribution in [3.63, 3.8) is 0 Å². The SMILES string of the molecule is O=S(=O)(NCc1cccs1)c1ccc(-c2ccccc2)cc1. The van der Waals surface area contributed by atoms with Crippen LogP contribution < -0.4 is 4.72 Å². The zero-order valence-corrected chi connectivity index (χ0v) is 13.4. The molecule has 22 heavy (non-hydrogen) atoms. The second-order valence-corrected chi connectivity index (χ2v) is 7.59. The molecule has 3 rings (SSSR count). The first-order valence-electron chi connectivity index (χ1n) is 6.83. The molecule has 0 unspecified atom stereocenters. The lowest BCUT2D eigenvalue weighted by atomic mass is 10.1. The minimum atomic E-state index is -3.48. The highest BCUT2D eigenvalue weighted by molar-refractivity contribution is 7.89. The standard InChI is InChI=1S/C17H15NO2S2/c19-22(20,18-13-16-7-4-12-21-16)17-10-8-15(9-11-17)14-5-2-1-3-6-14/h1-12,18H,13H2. The van der Waals surface area contributed by atoms with Crippen LogP contribution in [0.1, 0.15) is 4.88 Å². The van der Waals surface area contributed by atoms with E-state index >= 15 is 0 Å². The number of hydrogen-bond donors (Lipinski definition) is 1. The van der Waals surface area contributed by atoms with Gasteiger partial charge in [0.25, 0.3) is 0 Å². The van der Waals surface area contributed by atoms with Gasteiger partial charge in [0, 0.05) is 11.4 Å². The molecule has 0 aliphatic rings. The second kappa shape index (κ2) is 6.44. The van der Waals surface area contributed by atoms with Gasteiger partial charge in [0.15, 0.2) is 0 Å². The molecule has 3 nitrogen and oxygen atoms in total. The Labute approximate surface area is 134 Å². The summed E-state index contributed by atoms with van der Waals surface area (Å²) in [6, 6.07) is 20.6. The number of thiophene rings is 1. The quantitative estimate of drug-likeness (QED) is 0.772. The fourth-order valence-electron chi connectivity index (χ4n) is 2.12. The van der Waals surface area contributed by atoms with Gasteiger partial charge in [0.2, 0.25) is 10.0 Å². The summed E-state index contributed by atoms with van der Waals surface area (Å²) >= 11 is 1.53. The summed E-state index contributed by atoms with van der Waals surface area (Å²) in [5.41, 5.74) is 2.07. The predicted molar refractivity (Wildman–Crippen MR) is 90.2 cm³/mol. The minimum Gasteiger partial charge on any atom is -0.207 e. The second-order valence-electron chi connectivity index (χ2n) is 4.79. The van der Waals surface area contributed by atoms with Crippen LogP contribution in [0.2, 0.25) is 0 Å². The first kappa shape index (κ1) is 15.0. The van der Waals surface area contributed by atoms with E-state index in [1.165, 1.54) is 11.3 Å². The molecule has 0 saturated heterocycles. The number of sulfonamides is 1. The molecule has 0 bridgehead atoms. The van der Waals surface area contributed by atoms with Gasteiger partial charge in [-0.25, -0.2) is 13.1 Å². The molecule has 112 valence electrons. The normalized spacial score (nSPS) is 11.5. The minimum absolute atomic E-state index is 0.281. The van der Waals surface area contributed by atoms with Crippen molar-refractivity contribution < 1.29 is 8.42 Å². The molecule has 0 radical (unpaired) electrons. The molecule has 0 saturated carbocycles. The van der Waals surface area contributed by atoms with Crippen molar-refractivity contribution in [1.82, 2.24) is 4.72 Å². The fraction of sp³-hybridized carbons (Fsp3) is 0.0588. The Morgan fingerprint density at radius 2 is 1.50 bits per heavy atom. The Hall–Kier alpha value is -1.95. The summed E-state index contributed by atoms with van der Waals surface area (Å²) in [4.78, 5) is 1.27. The molecule has 0 atom stereocenters. The van der Waals surface area contributed by atoms with E-state index in [0.717, 1.165) is 16.0 Å². The van der Waals surface area contributed by atoms with Gasteiger partial charge < -0.3 is 0 Å². The number of benzene rings is 2. The number of hydrogen-bond acceptors (Lipinski definition) is 3. The van der Waals surface area contributed by atoms with Gasteiger partial charge in [-0.1, -0.05) is 48.5 Å². The maximum Gasteiger partial charge on any atom is 0.240 e.